The Balaban J connectivity index is 1.53. The third-order valence-electron chi connectivity index (χ3n) is 6.00. The van der Waals surface area contributed by atoms with Gasteiger partial charge in [0, 0.05) is 24.0 Å². The summed E-state index contributed by atoms with van der Waals surface area (Å²) in [4.78, 5) is 25.7. The summed E-state index contributed by atoms with van der Waals surface area (Å²) in [5.41, 5.74) is 0.534. The molecule has 1 aromatic carbocycles. The van der Waals surface area contributed by atoms with Crippen molar-refractivity contribution >= 4 is 11.8 Å². The number of nitriles is 1. The molecule has 0 saturated heterocycles. The number of carbonyl (C=O) groups excluding carboxylic acids is 2. The molecule has 1 heterocycles. The molecule has 2 aromatic rings. The minimum absolute atomic E-state index is 0.140. The molecule has 1 aliphatic carbocycles. The summed E-state index contributed by atoms with van der Waals surface area (Å²) in [5.74, 6) is 0.372. The van der Waals surface area contributed by atoms with Gasteiger partial charge < -0.3 is 19.9 Å². The highest BCUT2D eigenvalue weighted by Gasteiger charge is 2.33. The Kier molecular flexibility index (Phi) is 8.94. The van der Waals surface area contributed by atoms with Crippen LogP contribution >= 0.6 is 0 Å². The first-order valence-corrected chi connectivity index (χ1v) is 11.8. The van der Waals surface area contributed by atoms with Gasteiger partial charge in [0.2, 0.25) is 5.91 Å². The van der Waals surface area contributed by atoms with E-state index in [0.717, 1.165) is 25.8 Å². The molecule has 0 unspecified atom stereocenters. The molecule has 0 radical (unpaired) electrons. The third-order valence-corrected chi connectivity index (χ3v) is 6.00. The van der Waals surface area contributed by atoms with Gasteiger partial charge in [0.25, 0.3) is 5.91 Å². The van der Waals surface area contributed by atoms with Crippen molar-refractivity contribution in [2.24, 2.45) is 11.8 Å². The number of nitrogens with zero attached hydrogens (tertiary/aromatic N) is 2. The lowest BCUT2D eigenvalue weighted by atomic mass is 9.83. The number of rotatable bonds is 10. The van der Waals surface area contributed by atoms with Gasteiger partial charge in [-0.3, -0.25) is 9.59 Å². The lowest BCUT2D eigenvalue weighted by Crippen LogP contribution is -2.50. The smallest absolute Gasteiger partial charge is 0.251 e. The Morgan fingerprint density at radius 3 is 2.52 bits per heavy atom. The number of amides is 2. The van der Waals surface area contributed by atoms with Crippen LogP contribution in [0.4, 0.5) is 0 Å². The molecule has 176 valence electrons. The van der Waals surface area contributed by atoms with E-state index in [1.165, 1.54) is 0 Å². The van der Waals surface area contributed by atoms with Crippen LogP contribution in [0.25, 0.3) is 0 Å². The van der Waals surface area contributed by atoms with Crippen LogP contribution in [-0.2, 0) is 11.3 Å². The molecule has 7 heteroatoms. The molecule has 0 spiro atoms. The van der Waals surface area contributed by atoms with Crippen molar-refractivity contribution in [2.75, 3.05) is 6.61 Å². The second-order valence-electron chi connectivity index (χ2n) is 9.08. The molecule has 3 rings (SSSR count). The van der Waals surface area contributed by atoms with Crippen molar-refractivity contribution in [3.05, 3.63) is 54.4 Å². The average molecular weight is 451 g/mol. The predicted octanol–water partition coefficient (Wildman–Crippen LogP) is 3.91. The number of hydrogen-bond acceptors (Lipinski definition) is 4. The van der Waals surface area contributed by atoms with Crippen molar-refractivity contribution in [2.45, 2.75) is 64.6 Å². The third kappa shape index (κ3) is 7.38. The highest BCUT2D eigenvalue weighted by atomic mass is 16.5. The zero-order chi connectivity index (χ0) is 23.6. The highest BCUT2D eigenvalue weighted by Crippen LogP contribution is 2.25. The summed E-state index contributed by atoms with van der Waals surface area (Å²) < 4.78 is 7.80. The van der Waals surface area contributed by atoms with Gasteiger partial charge in [-0.05, 0) is 61.6 Å². The van der Waals surface area contributed by atoms with Crippen LogP contribution in [0.15, 0.2) is 48.8 Å². The van der Waals surface area contributed by atoms with E-state index in [9.17, 15) is 14.9 Å². The molecule has 0 aliphatic heterocycles. The average Bonchev–Trinajstić information content (AvgIpc) is 3.32. The van der Waals surface area contributed by atoms with Crippen LogP contribution in [0.2, 0.25) is 0 Å². The topological polar surface area (TPSA) is 96.2 Å². The second kappa shape index (κ2) is 12.1. The van der Waals surface area contributed by atoms with Gasteiger partial charge in [-0.1, -0.05) is 26.7 Å². The quantitative estimate of drug-likeness (QED) is 0.574. The summed E-state index contributed by atoms with van der Waals surface area (Å²) in [7, 11) is 0. The van der Waals surface area contributed by atoms with E-state index in [-0.39, 0.29) is 23.8 Å². The van der Waals surface area contributed by atoms with Crippen molar-refractivity contribution in [3.8, 4) is 11.8 Å². The van der Waals surface area contributed by atoms with E-state index in [1.807, 2.05) is 42.9 Å². The van der Waals surface area contributed by atoms with Gasteiger partial charge in [-0.15, -0.1) is 0 Å². The van der Waals surface area contributed by atoms with E-state index in [2.05, 4.69) is 16.7 Å². The van der Waals surface area contributed by atoms with E-state index in [0.29, 0.717) is 36.7 Å². The molecular weight excluding hydrogens is 416 g/mol. The fraction of sp³-hybridized carbons (Fsp3) is 0.500. The number of benzene rings is 1. The van der Waals surface area contributed by atoms with Crippen LogP contribution in [0, 0.1) is 23.2 Å². The molecule has 2 N–H and O–H groups in total. The Hall–Kier alpha value is -3.27. The van der Waals surface area contributed by atoms with Gasteiger partial charge in [-0.2, -0.15) is 5.26 Å². The van der Waals surface area contributed by atoms with Gasteiger partial charge in [-0.25, -0.2) is 0 Å². The van der Waals surface area contributed by atoms with Crippen LogP contribution < -0.4 is 15.4 Å². The SMILES string of the molecule is CC(C)C[C@@H](C#N)NC(=O)[C@@H]1CCCC[C@@H]1NC(=O)c1ccc(OCCn2cccc2)cc1. The molecule has 2 amide bonds. The summed E-state index contributed by atoms with van der Waals surface area (Å²) in [6.07, 6.45) is 7.97. The molecule has 7 nitrogen and oxygen atoms in total. The van der Waals surface area contributed by atoms with Crippen molar-refractivity contribution < 1.29 is 14.3 Å². The van der Waals surface area contributed by atoms with E-state index in [1.54, 1.807) is 24.3 Å². The largest absolute Gasteiger partial charge is 0.492 e. The molecular formula is C26H34N4O3. The molecule has 1 fully saturated rings. The predicted molar refractivity (Wildman–Crippen MR) is 127 cm³/mol. The lowest BCUT2D eigenvalue weighted by molar-refractivity contribution is -0.127. The normalized spacial score (nSPS) is 18.8. The van der Waals surface area contributed by atoms with E-state index in [4.69, 9.17) is 4.74 Å². The number of nitrogens with one attached hydrogen (secondary N) is 2. The summed E-state index contributed by atoms with van der Waals surface area (Å²) >= 11 is 0. The standard InChI is InChI=1S/C26H34N4O3/c1-19(2)17-21(18-27)28-26(32)23-7-3-4-8-24(23)29-25(31)20-9-11-22(12-10-20)33-16-15-30-13-5-6-14-30/h5-6,9-14,19,21,23-24H,3-4,7-8,15-17H2,1-2H3,(H,28,32)(H,29,31)/t21-,23+,24-/m0/s1. The first-order chi connectivity index (χ1) is 16.0. The van der Waals surface area contributed by atoms with E-state index >= 15 is 0 Å². The molecule has 33 heavy (non-hydrogen) atoms. The minimum atomic E-state index is -0.499. The molecule has 1 aliphatic rings. The van der Waals surface area contributed by atoms with Crippen molar-refractivity contribution in [1.82, 2.24) is 15.2 Å². The minimum Gasteiger partial charge on any atom is -0.492 e. The number of hydrogen-bond donors (Lipinski definition) is 2. The van der Waals surface area contributed by atoms with E-state index < -0.39 is 6.04 Å². The zero-order valence-electron chi connectivity index (χ0n) is 19.5. The molecule has 1 saturated carbocycles. The number of aromatic nitrogens is 1. The fourth-order valence-electron chi connectivity index (χ4n) is 4.25. The maximum atomic E-state index is 12.9. The van der Waals surface area contributed by atoms with Crippen LogP contribution in [-0.4, -0.2) is 35.1 Å². The maximum Gasteiger partial charge on any atom is 0.251 e. The first-order valence-electron chi connectivity index (χ1n) is 11.8. The summed E-state index contributed by atoms with van der Waals surface area (Å²) in [6, 6.07) is 12.5. The van der Waals surface area contributed by atoms with Crippen molar-refractivity contribution in [1.29, 1.82) is 5.26 Å². The van der Waals surface area contributed by atoms with Gasteiger partial charge in [0.15, 0.2) is 0 Å². The Labute approximate surface area is 196 Å². The molecule has 1 aromatic heterocycles. The number of carbonyl (C=O) groups is 2. The van der Waals surface area contributed by atoms with Crippen molar-refractivity contribution in [3.63, 3.8) is 0 Å². The zero-order valence-corrected chi connectivity index (χ0v) is 19.5. The summed E-state index contributed by atoms with van der Waals surface area (Å²) in [5, 5.41) is 15.3. The maximum absolute atomic E-state index is 12.9. The Bertz CT molecular complexity index is 931. The lowest BCUT2D eigenvalue weighted by Gasteiger charge is -2.32. The molecule has 3 atom stereocenters. The number of ether oxygens (including phenoxy) is 1. The second-order valence-corrected chi connectivity index (χ2v) is 9.08. The Morgan fingerprint density at radius 1 is 1.15 bits per heavy atom. The summed E-state index contributed by atoms with van der Waals surface area (Å²) in [6.45, 7) is 5.35. The molecule has 0 bridgehead atoms. The fourth-order valence-corrected chi connectivity index (χ4v) is 4.25. The Morgan fingerprint density at radius 2 is 1.85 bits per heavy atom. The monoisotopic (exact) mass is 450 g/mol. The van der Waals surface area contributed by atoms with Crippen LogP contribution in [0.5, 0.6) is 5.75 Å². The van der Waals surface area contributed by atoms with Crippen LogP contribution in [0.3, 0.4) is 0 Å². The highest BCUT2D eigenvalue weighted by molar-refractivity contribution is 5.95. The van der Waals surface area contributed by atoms with Gasteiger partial charge >= 0.3 is 0 Å². The van der Waals surface area contributed by atoms with Crippen LogP contribution in [0.1, 0.15) is 56.3 Å². The van der Waals surface area contributed by atoms with Gasteiger partial charge in [0.1, 0.15) is 18.4 Å². The van der Waals surface area contributed by atoms with Gasteiger partial charge in [0.05, 0.1) is 18.5 Å². The first kappa shape index (κ1) is 24.4.